The van der Waals surface area contributed by atoms with Crippen LogP contribution in [0.3, 0.4) is 0 Å². The van der Waals surface area contributed by atoms with Crippen LogP contribution in [0.4, 0.5) is 0 Å². The van der Waals surface area contributed by atoms with Crippen LogP contribution >= 0.6 is 0 Å². The van der Waals surface area contributed by atoms with E-state index in [0.29, 0.717) is 5.56 Å². The molecular formula is C17H18N2O. The van der Waals surface area contributed by atoms with Crippen molar-refractivity contribution >= 4 is 0 Å². The summed E-state index contributed by atoms with van der Waals surface area (Å²) in [6, 6.07) is 11.8. The van der Waals surface area contributed by atoms with Crippen molar-refractivity contribution in [3.05, 3.63) is 47.7 Å². The van der Waals surface area contributed by atoms with Crippen molar-refractivity contribution in [1.29, 1.82) is 5.26 Å². The van der Waals surface area contributed by atoms with E-state index in [1.54, 1.807) is 19.4 Å². The molecule has 0 atom stereocenters. The third kappa shape index (κ3) is 2.80. The van der Waals surface area contributed by atoms with Crippen molar-refractivity contribution in [1.82, 2.24) is 4.98 Å². The molecule has 0 fully saturated rings. The zero-order valence-electron chi connectivity index (χ0n) is 12.3. The van der Waals surface area contributed by atoms with Crippen molar-refractivity contribution in [3.63, 3.8) is 0 Å². The molecule has 0 saturated heterocycles. The minimum atomic E-state index is -0.00600. The third-order valence-electron chi connectivity index (χ3n) is 3.20. The molecule has 0 bridgehead atoms. The Morgan fingerprint density at radius 2 is 1.90 bits per heavy atom. The van der Waals surface area contributed by atoms with Gasteiger partial charge in [-0.15, -0.1) is 0 Å². The van der Waals surface area contributed by atoms with Gasteiger partial charge in [0.2, 0.25) is 0 Å². The zero-order chi connectivity index (χ0) is 14.8. The standard InChI is InChI=1S/C17H18N2O/c1-17(2,3)14-9-13(6-8-16(14)20-4)15-7-5-12(10-18)11-19-15/h5-9,11H,1-4H3. The van der Waals surface area contributed by atoms with Crippen LogP contribution in [0.25, 0.3) is 11.3 Å². The predicted molar refractivity (Wildman–Crippen MR) is 79.6 cm³/mol. The Balaban J connectivity index is 2.50. The van der Waals surface area contributed by atoms with E-state index in [0.717, 1.165) is 22.6 Å². The molecule has 0 unspecified atom stereocenters. The molecule has 0 aliphatic carbocycles. The summed E-state index contributed by atoms with van der Waals surface area (Å²) in [5.41, 5.74) is 3.59. The SMILES string of the molecule is COc1ccc(-c2ccc(C#N)cn2)cc1C(C)(C)C. The maximum Gasteiger partial charge on any atom is 0.122 e. The lowest BCUT2D eigenvalue weighted by atomic mass is 9.85. The monoisotopic (exact) mass is 266 g/mol. The van der Waals surface area contributed by atoms with Gasteiger partial charge in [-0.05, 0) is 35.7 Å². The van der Waals surface area contributed by atoms with Crippen LogP contribution in [0.1, 0.15) is 31.9 Å². The zero-order valence-corrected chi connectivity index (χ0v) is 12.3. The fourth-order valence-electron chi connectivity index (χ4n) is 2.08. The van der Waals surface area contributed by atoms with Crippen LogP contribution in [0, 0.1) is 11.3 Å². The number of aromatic nitrogens is 1. The Labute approximate surface area is 119 Å². The van der Waals surface area contributed by atoms with Gasteiger partial charge in [0.1, 0.15) is 11.8 Å². The van der Waals surface area contributed by atoms with Crippen LogP contribution in [0.5, 0.6) is 5.75 Å². The second-order valence-corrected chi connectivity index (χ2v) is 5.71. The lowest BCUT2D eigenvalue weighted by molar-refractivity contribution is 0.397. The summed E-state index contributed by atoms with van der Waals surface area (Å²) < 4.78 is 5.44. The molecule has 102 valence electrons. The highest BCUT2D eigenvalue weighted by Gasteiger charge is 2.19. The maximum absolute atomic E-state index is 8.81. The van der Waals surface area contributed by atoms with Crippen molar-refractivity contribution in [2.75, 3.05) is 7.11 Å². The van der Waals surface area contributed by atoms with Crippen molar-refractivity contribution in [3.8, 4) is 23.1 Å². The summed E-state index contributed by atoms with van der Waals surface area (Å²) in [5, 5.41) is 8.81. The second-order valence-electron chi connectivity index (χ2n) is 5.71. The molecule has 1 aromatic heterocycles. The molecule has 1 aromatic carbocycles. The Kier molecular flexibility index (Phi) is 3.76. The van der Waals surface area contributed by atoms with E-state index < -0.39 is 0 Å². The first-order chi connectivity index (χ1) is 9.45. The van der Waals surface area contributed by atoms with E-state index in [9.17, 15) is 0 Å². The molecule has 1 heterocycles. The summed E-state index contributed by atoms with van der Waals surface area (Å²) in [5.74, 6) is 0.884. The lowest BCUT2D eigenvalue weighted by Crippen LogP contribution is -2.13. The van der Waals surface area contributed by atoms with Crippen molar-refractivity contribution < 1.29 is 4.74 Å². The van der Waals surface area contributed by atoms with Crippen LogP contribution in [0.15, 0.2) is 36.5 Å². The fourth-order valence-corrected chi connectivity index (χ4v) is 2.08. The molecule has 20 heavy (non-hydrogen) atoms. The molecule has 0 aliphatic heterocycles. The molecule has 0 radical (unpaired) electrons. The lowest BCUT2D eigenvalue weighted by Gasteiger charge is -2.22. The molecule has 2 aromatic rings. The van der Waals surface area contributed by atoms with Crippen molar-refractivity contribution in [2.45, 2.75) is 26.2 Å². The number of hydrogen-bond donors (Lipinski definition) is 0. The minimum Gasteiger partial charge on any atom is -0.496 e. The van der Waals surface area contributed by atoms with Gasteiger partial charge in [-0.25, -0.2) is 0 Å². The highest BCUT2D eigenvalue weighted by atomic mass is 16.5. The number of nitrogens with zero attached hydrogens (tertiary/aromatic N) is 2. The van der Waals surface area contributed by atoms with Gasteiger partial charge in [0.15, 0.2) is 0 Å². The average molecular weight is 266 g/mol. The van der Waals surface area contributed by atoms with Gasteiger partial charge in [-0.1, -0.05) is 20.8 Å². The minimum absolute atomic E-state index is 0.00600. The Hall–Kier alpha value is -2.34. The van der Waals surface area contributed by atoms with E-state index in [4.69, 9.17) is 10.00 Å². The largest absolute Gasteiger partial charge is 0.496 e. The highest BCUT2D eigenvalue weighted by molar-refractivity contribution is 5.63. The number of hydrogen-bond acceptors (Lipinski definition) is 3. The number of pyridine rings is 1. The molecule has 2 rings (SSSR count). The van der Waals surface area contributed by atoms with Gasteiger partial charge < -0.3 is 4.74 Å². The van der Waals surface area contributed by atoms with Crippen LogP contribution < -0.4 is 4.74 Å². The van der Waals surface area contributed by atoms with E-state index in [2.05, 4.69) is 37.9 Å². The molecular weight excluding hydrogens is 248 g/mol. The number of methoxy groups -OCH3 is 1. The van der Waals surface area contributed by atoms with Gasteiger partial charge in [0, 0.05) is 17.3 Å². The summed E-state index contributed by atoms with van der Waals surface area (Å²) in [6.45, 7) is 6.46. The summed E-state index contributed by atoms with van der Waals surface area (Å²) in [4.78, 5) is 4.34. The molecule has 3 nitrogen and oxygen atoms in total. The molecule has 0 aliphatic rings. The van der Waals surface area contributed by atoms with Gasteiger partial charge >= 0.3 is 0 Å². The smallest absolute Gasteiger partial charge is 0.122 e. The van der Waals surface area contributed by atoms with Gasteiger partial charge in [-0.3, -0.25) is 4.98 Å². The summed E-state index contributed by atoms with van der Waals surface area (Å²) in [7, 11) is 1.68. The van der Waals surface area contributed by atoms with E-state index >= 15 is 0 Å². The normalized spacial score (nSPS) is 10.9. The quantitative estimate of drug-likeness (QED) is 0.827. The molecule has 0 saturated carbocycles. The Morgan fingerprint density at radius 3 is 2.40 bits per heavy atom. The topological polar surface area (TPSA) is 45.9 Å². The fraction of sp³-hybridized carbons (Fsp3) is 0.294. The van der Waals surface area contributed by atoms with Gasteiger partial charge in [-0.2, -0.15) is 5.26 Å². The first kappa shape index (κ1) is 14.1. The van der Waals surface area contributed by atoms with Gasteiger partial charge in [0.05, 0.1) is 18.4 Å². The molecule has 3 heteroatoms. The highest BCUT2D eigenvalue weighted by Crippen LogP contribution is 2.34. The van der Waals surface area contributed by atoms with Gasteiger partial charge in [0.25, 0.3) is 0 Å². The Morgan fingerprint density at radius 1 is 1.15 bits per heavy atom. The van der Waals surface area contributed by atoms with E-state index in [1.165, 1.54) is 0 Å². The van der Waals surface area contributed by atoms with Crippen LogP contribution in [-0.4, -0.2) is 12.1 Å². The number of rotatable bonds is 2. The molecule has 0 N–H and O–H groups in total. The van der Waals surface area contributed by atoms with E-state index in [1.807, 2.05) is 18.2 Å². The third-order valence-corrected chi connectivity index (χ3v) is 3.20. The number of benzene rings is 1. The number of ether oxygens (including phenoxy) is 1. The molecule has 0 amide bonds. The average Bonchev–Trinajstić information content (AvgIpc) is 2.46. The summed E-state index contributed by atoms with van der Waals surface area (Å²) in [6.07, 6.45) is 1.59. The first-order valence-electron chi connectivity index (χ1n) is 6.51. The first-order valence-corrected chi connectivity index (χ1v) is 6.51. The Bertz CT molecular complexity index is 646. The van der Waals surface area contributed by atoms with Crippen LogP contribution in [-0.2, 0) is 5.41 Å². The number of nitriles is 1. The predicted octanol–water partition coefficient (Wildman–Crippen LogP) is 3.93. The maximum atomic E-state index is 8.81. The summed E-state index contributed by atoms with van der Waals surface area (Å²) >= 11 is 0. The van der Waals surface area contributed by atoms with E-state index in [-0.39, 0.29) is 5.41 Å². The second kappa shape index (κ2) is 5.34. The van der Waals surface area contributed by atoms with Crippen LogP contribution in [0.2, 0.25) is 0 Å². The van der Waals surface area contributed by atoms with Crippen molar-refractivity contribution in [2.24, 2.45) is 0 Å². The molecule has 0 spiro atoms.